The van der Waals surface area contributed by atoms with Crippen LogP contribution in [0, 0.1) is 5.41 Å². The molecule has 0 aliphatic carbocycles. The van der Waals surface area contributed by atoms with E-state index in [2.05, 4.69) is 66.2 Å². The van der Waals surface area contributed by atoms with Gasteiger partial charge in [0.05, 0.1) is 6.42 Å². The highest BCUT2D eigenvalue weighted by Crippen LogP contribution is 2.46. The molecule has 15 heavy (non-hydrogen) atoms. The predicted octanol–water partition coefficient (Wildman–Crippen LogP) is 3.70. The molecule has 0 spiro atoms. The number of ether oxygens (including phenoxy) is 1. The molecule has 2 nitrogen and oxygen atoms in total. The summed E-state index contributed by atoms with van der Waals surface area (Å²) in [5, 5.41) is 0. The maximum atomic E-state index is 5.97. The molecule has 88 valence electrons. The Hall–Kier alpha value is 0.910. The van der Waals surface area contributed by atoms with Crippen molar-refractivity contribution in [2.45, 2.75) is 34.9 Å². The second-order valence-corrected chi connectivity index (χ2v) is 12.1. The van der Waals surface area contributed by atoms with Gasteiger partial charge in [0.15, 0.2) is 0 Å². The van der Waals surface area contributed by atoms with E-state index in [-0.39, 0.29) is 13.7 Å². The van der Waals surface area contributed by atoms with Crippen LogP contribution in [0.2, 0.25) is 0 Å². The first-order valence-electron chi connectivity index (χ1n) is 4.88. The van der Waals surface area contributed by atoms with E-state index in [0.29, 0.717) is 0 Å². The van der Waals surface area contributed by atoms with Crippen molar-refractivity contribution in [1.82, 2.24) is 0 Å². The van der Waals surface area contributed by atoms with Gasteiger partial charge < -0.3 is 4.74 Å². The molecule has 0 aromatic heterocycles. The summed E-state index contributed by atoms with van der Waals surface area (Å²) in [6.07, 6.45) is 2.08. The van der Waals surface area contributed by atoms with E-state index in [1.165, 1.54) is 0 Å². The number of alkyl halides is 3. The van der Waals surface area contributed by atoms with Gasteiger partial charge in [-0.2, -0.15) is 0 Å². The summed E-state index contributed by atoms with van der Waals surface area (Å²) in [7, 11) is 4.05. The Balaban J connectivity index is 2.80. The van der Waals surface area contributed by atoms with Crippen LogP contribution in [0.3, 0.4) is 0 Å². The Morgan fingerprint density at radius 3 is 2.27 bits per heavy atom. The van der Waals surface area contributed by atoms with Gasteiger partial charge in [0.2, 0.25) is 0 Å². The van der Waals surface area contributed by atoms with E-state index in [1.807, 2.05) is 14.1 Å². The summed E-state index contributed by atoms with van der Waals surface area (Å²) < 4.78 is 7.80. The van der Waals surface area contributed by atoms with E-state index < -0.39 is 0 Å². The molecule has 0 aromatic rings. The zero-order valence-electron chi connectivity index (χ0n) is 9.48. The van der Waals surface area contributed by atoms with Gasteiger partial charge in [0.1, 0.15) is 22.3 Å². The SMILES string of the molecule is C[N+](C)=C1CC(C)(C)C(CC(Br)(Br)Br)O1. The number of hydrogen-bond acceptors (Lipinski definition) is 1. The summed E-state index contributed by atoms with van der Waals surface area (Å²) >= 11 is 10.6. The van der Waals surface area contributed by atoms with Gasteiger partial charge in [-0.15, -0.1) is 0 Å². The number of rotatable bonds is 1. The Labute approximate surface area is 117 Å². The normalized spacial score (nSPS) is 25.3. The first-order valence-corrected chi connectivity index (χ1v) is 7.26. The van der Waals surface area contributed by atoms with Gasteiger partial charge in [0, 0.05) is 11.8 Å². The molecule has 1 rings (SSSR count). The molecule has 1 atom stereocenters. The maximum Gasteiger partial charge on any atom is 0.336 e. The van der Waals surface area contributed by atoms with Crippen molar-refractivity contribution >= 4 is 53.7 Å². The summed E-state index contributed by atoms with van der Waals surface area (Å²) in [6.45, 7) is 4.49. The van der Waals surface area contributed by atoms with E-state index in [4.69, 9.17) is 4.74 Å². The third kappa shape index (κ3) is 4.00. The van der Waals surface area contributed by atoms with Crippen LogP contribution in [-0.2, 0) is 4.74 Å². The van der Waals surface area contributed by atoms with Gasteiger partial charge >= 0.3 is 5.90 Å². The van der Waals surface area contributed by atoms with Crippen LogP contribution in [0.5, 0.6) is 0 Å². The summed E-state index contributed by atoms with van der Waals surface area (Å²) in [4.78, 5) is 0. The average Bonchev–Trinajstić information content (AvgIpc) is 2.24. The zero-order valence-corrected chi connectivity index (χ0v) is 14.2. The van der Waals surface area contributed by atoms with Crippen molar-refractivity contribution < 1.29 is 9.31 Å². The molecular weight excluding hydrogens is 390 g/mol. The highest BCUT2D eigenvalue weighted by molar-refractivity contribution is 9.39. The highest BCUT2D eigenvalue weighted by atomic mass is 80.0. The van der Waals surface area contributed by atoms with E-state index >= 15 is 0 Å². The van der Waals surface area contributed by atoms with Crippen LogP contribution >= 0.6 is 47.8 Å². The third-order valence-corrected chi connectivity index (χ3v) is 3.64. The second-order valence-electron chi connectivity index (χ2n) is 4.88. The lowest BCUT2D eigenvalue weighted by molar-refractivity contribution is -0.475. The largest absolute Gasteiger partial charge is 0.444 e. The maximum absolute atomic E-state index is 5.97. The minimum absolute atomic E-state index is 0.181. The van der Waals surface area contributed by atoms with Gasteiger partial charge in [-0.05, 0) is 0 Å². The minimum atomic E-state index is -0.225. The lowest BCUT2D eigenvalue weighted by atomic mass is 9.84. The van der Waals surface area contributed by atoms with Crippen molar-refractivity contribution in [1.29, 1.82) is 0 Å². The van der Waals surface area contributed by atoms with E-state index in [9.17, 15) is 0 Å². The molecule has 1 aliphatic rings. The number of halogens is 3. The minimum Gasteiger partial charge on any atom is -0.444 e. The van der Waals surface area contributed by atoms with Crippen molar-refractivity contribution in [3.63, 3.8) is 0 Å². The van der Waals surface area contributed by atoms with Crippen LogP contribution in [0.1, 0.15) is 26.7 Å². The standard InChI is InChI=1S/C10H17Br3NO/c1-9(2)6-8(14(3)4)15-7(9)5-10(11,12)13/h7H,5-6H2,1-4H3/q+1. The Morgan fingerprint density at radius 2 is 1.93 bits per heavy atom. The van der Waals surface area contributed by atoms with Gasteiger partial charge in [-0.25, -0.2) is 4.58 Å². The average molecular weight is 407 g/mol. The van der Waals surface area contributed by atoms with Gasteiger partial charge in [-0.3, -0.25) is 0 Å². The number of hydrogen-bond donors (Lipinski definition) is 0. The third-order valence-electron chi connectivity index (χ3n) is 2.67. The first kappa shape index (κ1) is 14.0. The first-order chi connectivity index (χ1) is 6.62. The van der Waals surface area contributed by atoms with Crippen LogP contribution in [-0.4, -0.2) is 32.8 Å². The molecule has 0 aromatic carbocycles. The van der Waals surface area contributed by atoms with Crippen LogP contribution < -0.4 is 0 Å². The van der Waals surface area contributed by atoms with Crippen molar-refractivity contribution in [3.8, 4) is 0 Å². The molecule has 5 heteroatoms. The summed E-state index contributed by atoms with van der Waals surface area (Å²) in [6, 6.07) is 0. The molecule has 0 amide bonds. The topological polar surface area (TPSA) is 12.2 Å². The smallest absolute Gasteiger partial charge is 0.336 e. The fourth-order valence-electron chi connectivity index (χ4n) is 1.66. The fraction of sp³-hybridized carbons (Fsp3) is 0.900. The number of nitrogens with zero attached hydrogens (tertiary/aromatic N) is 1. The lowest BCUT2D eigenvalue weighted by Gasteiger charge is -2.26. The molecule has 1 fully saturated rings. The van der Waals surface area contributed by atoms with Gasteiger partial charge in [-0.1, -0.05) is 61.6 Å². The molecule has 1 saturated heterocycles. The monoisotopic (exact) mass is 404 g/mol. The molecule has 0 radical (unpaired) electrons. The van der Waals surface area contributed by atoms with Gasteiger partial charge in [0.25, 0.3) is 0 Å². The Morgan fingerprint density at radius 1 is 1.40 bits per heavy atom. The van der Waals surface area contributed by atoms with E-state index in [1.54, 1.807) is 0 Å². The summed E-state index contributed by atoms with van der Waals surface area (Å²) in [5.74, 6) is 1.07. The van der Waals surface area contributed by atoms with Crippen molar-refractivity contribution in [2.75, 3.05) is 14.1 Å². The lowest BCUT2D eigenvalue weighted by Crippen LogP contribution is -2.28. The Kier molecular flexibility index (Phi) is 4.33. The molecule has 0 saturated carbocycles. The molecule has 1 heterocycles. The quantitative estimate of drug-likeness (QED) is 0.477. The molecular formula is C10H17Br3NO+. The molecule has 1 unspecified atom stereocenters. The predicted molar refractivity (Wildman–Crippen MR) is 74.5 cm³/mol. The fourth-order valence-corrected chi connectivity index (χ4v) is 2.54. The second kappa shape index (κ2) is 4.65. The molecule has 1 aliphatic heterocycles. The van der Waals surface area contributed by atoms with E-state index in [0.717, 1.165) is 18.7 Å². The van der Waals surface area contributed by atoms with Crippen LogP contribution in [0.25, 0.3) is 0 Å². The zero-order chi connectivity index (χ0) is 11.9. The van der Waals surface area contributed by atoms with Crippen LogP contribution in [0.4, 0.5) is 0 Å². The van der Waals surface area contributed by atoms with Crippen molar-refractivity contribution in [2.24, 2.45) is 5.41 Å². The van der Waals surface area contributed by atoms with Crippen LogP contribution in [0.15, 0.2) is 0 Å². The highest BCUT2D eigenvalue weighted by Gasteiger charge is 2.46. The summed E-state index contributed by atoms with van der Waals surface area (Å²) in [5.41, 5.74) is 0.181. The Bertz CT molecular complexity index is 277. The molecule has 0 bridgehead atoms. The van der Waals surface area contributed by atoms with Crippen molar-refractivity contribution in [3.05, 3.63) is 0 Å². The molecule has 0 N–H and O–H groups in total.